The van der Waals surface area contributed by atoms with Crippen molar-refractivity contribution in [2.24, 2.45) is 5.16 Å². The molecule has 1 N–H and O–H groups in total. The van der Waals surface area contributed by atoms with Gasteiger partial charge in [-0.1, -0.05) is 35.5 Å². The summed E-state index contributed by atoms with van der Waals surface area (Å²) in [6, 6.07) is 20.5. The van der Waals surface area contributed by atoms with Crippen LogP contribution in [0.1, 0.15) is 5.56 Å². The second-order valence-electron chi connectivity index (χ2n) is 6.05. The summed E-state index contributed by atoms with van der Waals surface area (Å²) in [5.74, 6) is -0.394. The lowest BCUT2D eigenvalue weighted by Crippen LogP contribution is -2.22. The van der Waals surface area contributed by atoms with E-state index in [4.69, 9.17) is 14.3 Å². The lowest BCUT2D eigenvalue weighted by Gasteiger charge is -2.07. The number of benzene rings is 3. The Morgan fingerprint density at radius 2 is 1.72 bits per heavy atom. The monoisotopic (exact) mass is 392 g/mol. The molecule has 3 aromatic rings. The third kappa shape index (κ3) is 6.07. The molecule has 0 saturated heterocycles. The number of carbonyl (C=O) groups excluding carboxylic acids is 2. The number of fused-ring (bicyclic) bond motifs is 1. The fourth-order valence-corrected chi connectivity index (χ4v) is 2.53. The molecule has 0 bridgehead atoms. The maximum atomic E-state index is 12.0. The van der Waals surface area contributed by atoms with E-state index < -0.39 is 25.1 Å². The van der Waals surface area contributed by atoms with Crippen LogP contribution in [0.5, 0.6) is 5.75 Å². The molecular weight excluding hydrogens is 372 g/mol. The van der Waals surface area contributed by atoms with Crippen molar-refractivity contribution in [1.29, 1.82) is 0 Å². The van der Waals surface area contributed by atoms with E-state index in [0.29, 0.717) is 5.69 Å². The van der Waals surface area contributed by atoms with Gasteiger partial charge in [0.05, 0.1) is 13.3 Å². The highest BCUT2D eigenvalue weighted by molar-refractivity contribution is 5.95. The number of hydrogen-bond acceptors (Lipinski definition) is 6. The van der Waals surface area contributed by atoms with E-state index in [2.05, 4.69) is 10.5 Å². The largest absolute Gasteiger partial charge is 0.497 e. The zero-order chi connectivity index (χ0) is 20.5. The molecule has 3 aromatic carbocycles. The minimum Gasteiger partial charge on any atom is -0.497 e. The molecule has 7 heteroatoms. The Labute approximate surface area is 167 Å². The van der Waals surface area contributed by atoms with E-state index in [0.717, 1.165) is 22.1 Å². The Morgan fingerprint density at radius 3 is 2.48 bits per heavy atom. The molecule has 29 heavy (non-hydrogen) atoms. The summed E-state index contributed by atoms with van der Waals surface area (Å²) in [5.41, 5.74) is 1.42. The topological polar surface area (TPSA) is 86.2 Å². The molecule has 0 fully saturated rings. The van der Waals surface area contributed by atoms with Gasteiger partial charge in [-0.05, 0) is 52.7 Å². The van der Waals surface area contributed by atoms with Crippen LogP contribution in [-0.4, -0.2) is 38.4 Å². The molecule has 0 heterocycles. The van der Waals surface area contributed by atoms with Gasteiger partial charge < -0.3 is 19.6 Å². The number of amides is 1. The third-order valence-corrected chi connectivity index (χ3v) is 3.97. The van der Waals surface area contributed by atoms with Gasteiger partial charge in [0.1, 0.15) is 5.75 Å². The number of nitrogens with one attached hydrogen (secondary N) is 1. The number of rotatable bonds is 8. The number of methoxy groups -OCH3 is 1. The summed E-state index contributed by atoms with van der Waals surface area (Å²) in [7, 11) is 1.58. The van der Waals surface area contributed by atoms with Crippen LogP contribution >= 0.6 is 0 Å². The van der Waals surface area contributed by atoms with Gasteiger partial charge in [-0.3, -0.25) is 4.79 Å². The Bertz CT molecular complexity index is 1020. The van der Waals surface area contributed by atoms with E-state index in [1.54, 1.807) is 37.4 Å². The molecule has 0 saturated carbocycles. The predicted octanol–water partition coefficient (Wildman–Crippen LogP) is 3.38. The fourth-order valence-electron chi connectivity index (χ4n) is 2.53. The van der Waals surface area contributed by atoms with Crippen LogP contribution in [0.25, 0.3) is 10.8 Å². The number of anilines is 1. The minimum absolute atomic E-state index is 0.393. The van der Waals surface area contributed by atoms with Crippen molar-refractivity contribution in [2.75, 3.05) is 25.6 Å². The van der Waals surface area contributed by atoms with Crippen molar-refractivity contribution in [3.05, 3.63) is 72.3 Å². The molecule has 0 aliphatic rings. The highest BCUT2D eigenvalue weighted by Gasteiger charge is 2.08. The number of oxime groups is 1. The second kappa shape index (κ2) is 9.89. The van der Waals surface area contributed by atoms with E-state index in [-0.39, 0.29) is 0 Å². The number of carbonyl (C=O) groups is 2. The zero-order valence-electron chi connectivity index (χ0n) is 15.8. The van der Waals surface area contributed by atoms with Crippen molar-refractivity contribution in [3.63, 3.8) is 0 Å². The second-order valence-corrected chi connectivity index (χ2v) is 6.05. The van der Waals surface area contributed by atoms with Crippen molar-refractivity contribution in [2.45, 2.75) is 0 Å². The van der Waals surface area contributed by atoms with E-state index in [9.17, 15) is 9.59 Å². The molecular formula is C22H20N2O5. The average Bonchev–Trinajstić information content (AvgIpc) is 2.75. The quantitative estimate of drug-likeness (QED) is 0.361. The molecule has 0 spiro atoms. The number of hydrogen-bond donors (Lipinski definition) is 1. The lowest BCUT2D eigenvalue weighted by molar-refractivity contribution is -0.151. The first kappa shape index (κ1) is 19.9. The first-order valence-corrected chi connectivity index (χ1v) is 8.88. The predicted molar refractivity (Wildman–Crippen MR) is 110 cm³/mol. The molecule has 0 aliphatic heterocycles. The number of esters is 1. The standard InChI is InChI=1S/C22H20N2O5/c1-27-20-10-6-16(7-11-20)13-23-29-15-22(26)28-14-21(25)24-19-9-8-17-4-2-3-5-18(17)12-19/h2-13H,14-15H2,1H3,(H,24,25)/b23-13-. The molecule has 148 valence electrons. The third-order valence-electron chi connectivity index (χ3n) is 3.97. The zero-order valence-corrected chi connectivity index (χ0v) is 15.8. The van der Waals surface area contributed by atoms with Crippen LogP contribution in [0.4, 0.5) is 5.69 Å². The van der Waals surface area contributed by atoms with Gasteiger partial charge in [0.25, 0.3) is 5.91 Å². The summed E-state index contributed by atoms with van der Waals surface area (Å²) in [6.45, 7) is -0.798. The van der Waals surface area contributed by atoms with Crippen molar-refractivity contribution in [3.8, 4) is 5.75 Å². The fraction of sp³-hybridized carbons (Fsp3) is 0.136. The highest BCUT2D eigenvalue weighted by atomic mass is 16.7. The van der Waals surface area contributed by atoms with Crippen LogP contribution in [0, 0.1) is 0 Å². The van der Waals surface area contributed by atoms with Crippen molar-refractivity contribution >= 4 is 34.6 Å². The average molecular weight is 392 g/mol. The van der Waals surface area contributed by atoms with Crippen LogP contribution in [0.2, 0.25) is 0 Å². The summed E-state index contributed by atoms with van der Waals surface area (Å²) in [4.78, 5) is 28.5. The van der Waals surface area contributed by atoms with Crippen molar-refractivity contribution < 1.29 is 23.9 Å². The first-order valence-electron chi connectivity index (χ1n) is 8.88. The maximum Gasteiger partial charge on any atom is 0.347 e. The molecule has 0 atom stereocenters. The molecule has 0 aromatic heterocycles. The van der Waals surface area contributed by atoms with Gasteiger partial charge in [0.2, 0.25) is 6.61 Å². The van der Waals surface area contributed by atoms with Gasteiger partial charge in [-0.15, -0.1) is 0 Å². The SMILES string of the molecule is COc1ccc(/C=N\OCC(=O)OCC(=O)Nc2ccc3ccccc3c2)cc1. The van der Waals surface area contributed by atoms with E-state index in [1.165, 1.54) is 6.21 Å². The molecule has 0 unspecified atom stereocenters. The summed E-state index contributed by atoms with van der Waals surface area (Å²) >= 11 is 0. The lowest BCUT2D eigenvalue weighted by atomic mass is 10.1. The number of ether oxygens (including phenoxy) is 2. The van der Waals surface area contributed by atoms with Gasteiger partial charge in [-0.2, -0.15) is 0 Å². The minimum atomic E-state index is -0.689. The van der Waals surface area contributed by atoms with Crippen LogP contribution < -0.4 is 10.1 Å². The molecule has 1 amide bonds. The normalized spacial score (nSPS) is 10.7. The van der Waals surface area contributed by atoms with Crippen LogP contribution in [0.3, 0.4) is 0 Å². The summed E-state index contributed by atoms with van der Waals surface area (Å²) < 4.78 is 9.94. The van der Waals surface area contributed by atoms with E-state index in [1.807, 2.05) is 36.4 Å². The first-order chi connectivity index (χ1) is 14.1. The summed E-state index contributed by atoms with van der Waals surface area (Å²) in [5, 5.41) is 8.46. The Morgan fingerprint density at radius 1 is 0.966 bits per heavy atom. The Kier molecular flexibility index (Phi) is 6.78. The van der Waals surface area contributed by atoms with Crippen LogP contribution in [-0.2, 0) is 19.2 Å². The Hall–Kier alpha value is -3.87. The maximum absolute atomic E-state index is 12.0. The van der Waals surface area contributed by atoms with Gasteiger partial charge >= 0.3 is 5.97 Å². The highest BCUT2D eigenvalue weighted by Crippen LogP contribution is 2.18. The van der Waals surface area contributed by atoms with Gasteiger partial charge in [0, 0.05) is 5.69 Å². The summed E-state index contributed by atoms with van der Waals surface area (Å²) in [6.07, 6.45) is 1.46. The number of nitrogens with zero attached hydrogens (tertiary/aromatic N) is 1. The van der Waals surface area contributed by atoms with Crippen LogP contribution in [0.15, 0.2) is 71.9 Å². The molecule has 7 nitrogen and oxygen atoms in total. The molecule has 0 aliphatic carbocycles. The molecule has 3 rings (SSSR count). The smallest absolute Gasteiger partial charge is 0.347 e. The van der Waals surface area contributed by atoms with E-state index >= 15 is 0 Å². The molecule has 0 radical (unpaired) electrons. The van der Waals surface area contributed by atoms with Gasteiger partial charge in [0.15, 0.2) is 6.61 Å². The Balaban J connectivity index is 1.38. The van der Waals surface area contributed by atoms with Gasteiger partial charge in [-0.25, -0.2) is 4.79 Å². The van der Waals surface area contributed by atoms with Crippen molar-refractivity contribution in [1.82, 2.24) is 0 Å².